The number of aliphatic hydroxyl groups excluding tert-OH is 1. The smallest absolute Gasteiger partial charge is 0.0615 e. The van der Waals surface area contributed by atoms with Gasteiger partial charge in [0.1, 0.15) is 0 Å². The van der Waals surface area contributed by atoms with Crippen LogP contribution < -0.4 is 0 Å². The van der Waals surface area contributed by atoms with E-state index in [1.807, 2.05) is 25.1 Å². The Morgan fingerprint density at radius 1 is 1.64 bits per heavy atom. The molecule has 0 radical (unpaired) electrons. The molecule has 0 saturated carbocycles. The first-order chi connectivity index (χ1) is 5.34. The van der Waals surface area contributed by atoms with Gasteiger partial charge in [0.25, 0.3) is 0 Å². The van der Waals surface area contributed by atoms with Crippen LogP contribution in [-0.4, -0.2) is 16.7 Å². The van der Waals surface area contributed by atoms with Crippen LogP contribution in [0.4, 0.5) is 0 Å². The summed E-state index contributed by atoms with van der Waals surface area (Å²) in [6.07, 6.45) is 5.32. The average Bonchev–Trinajstić information content (AvgIpc) is 2.03. The molecule has 0 amide bonds. The number of aliphatic hydroxyl groups is 1. The summed E-state index contributed by atoms with van der Waals surface area (Å²) in [7, 11) is 0. The van der Waals surface area contributed by atoms with E-state index in [1.54, 1.807) is 12.3 Å². The summed E-state index contributed by atoms with van der Waals surface area (Å²) in [5.41, 5.74) is 2.04. The first-order valence-electron chi connectivity index (χ1n) is 3.53. The fourth-order valence-electron chi connectivity index (χ4n) is 0.853. The Balaban J connectivity index is 2.86. The highest BCUT2D eigenvalue weighted by molar-refractivity contribution is 5.50. The van der Waals surface area contributed by atoms with Crippen LogP contribution in [0.25, 0.3) is 6.08 Å². The molecule has 11 heavy (non-hydrogen) atoms. The molecule has 0 spiro atoms. The molecule has 1 aromatic rings. The van der Waals surface area contributed by atoms with E-state index in [2.05, 4.69) is 4.98 Å². The molecular formula is C9H11NO. The largest absolute Gasteiger partial charge is 0.392 e. The van der Waals surface area contributed by atoms with Crippen LogP contribution in [0.2, 0.25) is 0 Å². The highest BCUT2D eigenvalue weighted by Gasteiger charge is 1.90. The van der Waals surface area contributed by atoms with Gasteiger partial charge in [-0.1, -0.05) is 18.2 Å². The summed E-state index contributed by atoms with van der Waals surface area (Å²) >= 11 is 0. The Morgan fingerprint density at radius 3 is 3.09 bits per heavy atom. The third kappa shape index (κ3) is 2.16. The van der Waals surface area contributed by atoms with Crippen LogP contribution in [0, 0.1) is 6.92 Å². The van der Waals surface area contributed by atoms with E-state index in [-0.39, 0.29) is 6.61 Å². The zero-order valence-electron chi connectivity index (χ0n) is 6.49. The van der Waals surface area contributed by atoms with Gasteiger partial charge in [0.05, 0.1) is 6.61 Å². The van der Waals surface area contributed by atoms with Gasteiger partial charge in [-0.15, -0.1) is 0 Å². The number of rotatable bonds is 2. The Morgan fingerprint density at radius 2 is 2.45 bits per heavy atom. The van der Waals surface area contributed by atoms with E-state index in [1.165, 1.54) is 0 Å². The first kappa shape index (κ1) is 7.95. The van der Waals surface area contributed by atoms with E-state index in [0.29, 0.717) is 0 Å². The number of hydrogen-bond acceptors (Lipinski definition) is 2. The minimum absolute atomic E-state index is 0.0777. The van der Waals surface area contributed by atoms with Crippen LogP contribution >= 0.6 is 0 Å². The van der Waals surface area contributed by atoms with Gasteiger partial charge >= 0.3 is 0 Å². The second kappa shape index (κ2) is 3.88. The van der Waals surface area contributed by atoms with Crippen molar-refractivity contribution in [1.29, 1.82) is 0 Å². The normalized spacial score (nSPS) is 10.7. The van der Waals surface area contributed by atoms with Gasteiger partial charge in [0.2, 0.25) is 0 Å². The van der Waals surface area contributed by atoms with Crippen molar-refractivity contribution in [3.63, 3.8) is 0 Å². The summed E-state index contributed by atoms with van der Waals surface area (Å²) in [6, 6.07) is 3.85. The lowest BCUT2D eigenvalue weighted by atomic mass is 10.2. The van der Waals surface area contributed by atoms with Crippen molar-refractivity contribution in [2.75, 3.05) is 6.61 Å². The lowest BCUT2D eigenvalue weighted by Gasteiger charge is -1.95. The number of nitrogens with zero attached hydrogens (tertiary/aromatic N) is 1. The molecule has 0 aliphatic heterocycles. The maximum absolute atomic E-state index is 8.51. The molecule has 2 heteroatoms. The van der Waals surface area contributed by atoms with E-state index in [9.17, 15) is 0 Å². The van der Waals surface area contributed by atoms with Crippen LogP contribution in [0.5, 0.6) is 0 Å². The zero-order valence-corrected chi connectivity index (χ0v) is 6.49. The number of pyridine rings is 1. The number of hydrogen-bond donors (Lipinski definition) is 1. The highest BCUT2D eigenvalue weighted by Crippen LogP contribution is 2.04. The molecule has 0 fully saturated rings. The molecular weight excluding hydrogens is 138 g/mol. The fraction of sp³-hybridized carbons (Fsp3) is 0.222. The van der Waals surface area contributed by atoms with Crippen molar-refractivity contribution in [3.05, 3.63) is 35.7 Å². The lowest BCUT2D eigenvalue weighted by Crippen LogP contribution is -1.84. The lowest BCUT2D eigenvalue weighted by molar-refractivity contribution is 0.343. The van der Waals surface area contributed by atoms with Gasteiger partial charge in [-0.2, -0.15) is 0 Å². The molecule has 1 aromatic heterocycles. The van der Waals surface area contributed by atoms with Crippen molar-refractivity contribution in [3.8, 4) is 0 Å². The Kier molecular flexibility index (Phi) is 2.81. The second-order valence-corrected chi connectivity index (χ2v) is 2.26. The third-order valence-electron chi connectivity index (χ3n) is 1.45. The van der Waals surface area contributed by atoms with E-state index in [0.717, 1.165) is 11.3 Å². The molecule has 0 unspecified atom stereocenters. The average molecular weight is 149 g/mol. The number of aromatic nitrogens is 1. The number of aryl methyl sites for hydroxylation is 1. The quantitative estimate of drug-likeness (QED) is 0.689. The molecule has 1 heterocycles. The van der Waals surface area contributed by atoms with Crippen molar-refractivity contribution >= 4 is 6.08 Å². The molecule has 0 saturated heterocycles. The molecule has 0 aromatic carbocycles. The van der Waals surface area contributed by atoms with Gasteiger partial charge in [-0.25, -0.2) is 0 Å². The third-order valence-corrected chi connectivity index (χ3v) is 1.45. The van der Waals surface area contributed by atoms with Crippen LogP contribution in [0.1, 0.15) is 11.3 Å². The summed E-state index contributed by atoms with van der Waals surface area (Å²) < 4.78 is 0. The Labute approximate surface area is 66.2 Å². The van der Waals surface area contributed by atoms with Gasteiger partial charge < -0.3 is 5.11 Å². The summed E-state index contributed by atoms with van der Waals surface area (Å²) in [4.78, 5) is 4.10. The molecule has 1 rings (SSSR count). The molecule has 0 aliphatic rings. The van der Waals surface area contributed by atoms with Gasteiger partial charge in [-0.05, 0) is 18.6 Å². The van der Waals surface area contributed by atoms with Crippen LogP contribution in [-0.2, 0) is 0 Å². The Hall–Kier alpha value is -1.15. The predicted octanol–water partition coefficient (Wildman–Crippen LogP) is 1.40. The predicted molar refractivity (Wildman–Crippen MR) is 45.1 cm³/mol. The molecule has 1 N–H and O–H groups in total. The maximum Gasteiger partial charge on any atom is 0.0615 e. The van der Waals surface area contributed by atoms with E-state index < -0.39 is 0 Å². The molecule has 0 bridgehead atoms. The summed E-state index contributed by atoms with van der Waals surface area (Å²) in [6.45, 7) is 2.02. The summed E-state index contributed by atoms with van der Waals surface area (Å²) in [5.74, 6) is 0. The highest BCUT2D eigenvalue weighted by atomic mass is 16.2. The van der Waals surface area contributed by atoms with Crippen molar-refractivity contribution in [2.24, 2.45) is 0 Å². The van der Waals surface area contributed by atoms with Crippen molar-refractivity contribution in [2.45, 2.75) is 6.92 Å². The van der Waals surface area contributed by atoms with Crippen LogP contribution in [0.3, 0.4) is 0 Å². The van der Waals surface area contributed by atoms with Crippen molar-refractivity contribution < 1.29 is 5.11 Å². The van der Waals surface area contributed by atoms with Gasteiger partial charge in [-0.3, -0.25) is 4.98 Å². The minimum atomic E-state index is 0.0777. The fourth-order valence-corrected chi connectivity index (χ4v) is 0.853. The standard InChI is InChI=1S/C9H11NO/c1-8-9(5-3-7-11)4-2-6-10-8/h2-6,11H,7H2,1H3/b5-3+. The van der Waals surface area contributed by atoms with Gasteiger partial charge in [0, 0.05) is 11.9 Å². The first-order valence-corrected chi connectivity index (χ1v) is 3.53. The second-order valence-electron chi connectivity index (χ2n) is 2.26. The minimum Gasteiger partial charge on any atom is -0.392 e. The van der Waals surface area contributed by atoms with E-state index in [4.69, 9.17) is 5.11 Å². The van der Waals surface area contributed by atoms with Crippen molar-refractivity contribution in [1.82, 2.24) is 4.98 Å². The molecule has 0 aliphatic carbocycles. The molecule has 2 nitrogen and oxygen atoms in total. The molecule has 58 valence electrons. The topological polar surface area (TPSA) is 33.1 Å². The maximum atomic E-state index is 8.51. The Bertz CT molecular complexity index is 255. The van der Waals surface area contributed by atoms with Gasteiger partial charge in [0.15, 0.2) is 0 Å². The molecule has 0 atom stereocenters. The van der Waals surface area contributed by atoms with Crippen LogP contribution in [0.15, 0.2) is 24.4 Å². The SMILES string of the molecule is Cc1ncccc1/C=C/CO. The van der Waals surface area contributed by atoms with E-state index >= 15 is 0 Å². The summed E-state index contributed by atoms with van der Waals surface area (Å²) in [5, 5.41) is 8.51. The monoisotopic (exact) mass is 149 g/mol. The zero-order chi connectivity index (χ0) is 8.10.